The molecule has 3 nitrogen and oxygen atoms in total. The van der Waals surface area contributed by atoms with Crippen molar-refractivity contribution in [3.8, 4) is 11.8 Å². The van der Waals surface area contributed by atoms with Gasteiger partial charge in [-0.3, -0.25) is 0 Å². The van der Waals surface area contributed by atoms with Gasteiger partial charge in [0.1, 0.15) is 5.75 Å². The zero-order valence-corrected chi connectivity index (χ0v) is 6.82. The molecular formula is C7H5BClNO2. The lowest BCUT2D eigenvalue weighted by Gasteiger charge is -2.02. The highest BCUT2D eigenvalue weighted by Crippen LogP contribution is 2.12. The Morgan fingerprint density at radius 3 is 2.42 bits per heavy atom. The topological polar surface area (TPSA) is 53.2 Å². The van der Waals surface area contributed by atoms with Gasteiger partial charge in [-0.15, -0.1) is 11.5 Å². The third-order valence-electron chi connectivity index (χ3n) is 1.22. The summed E-state index contributed by atoms with van der Waals surface area (Å²) in [6.07, 6.45) is 0. The molecule has 0 radical (unpaired) electrons. The molecule has 1 N–H and O–H groups in total. The van der Waals surface area contributed by atoms with E-state index in [1.807, 2.05) is 6.07 Å². The Morgan fingerprint density at radius 1 is 1.42 bits per heavy atom. The first-order chi connectivity index (χ1) is 5.72. The standard InChI is InChI=1S/C7H5BClNO2/c9-8(11)12-7-3-1-6(5-10)2-4-7/h1-4,11H. The van der Waals surface area contributed by atoms with Crippen molar-refractivity contribution in [2.75, 3.05) is 0 Å². The number of nitriles is 1. The van der Waals surface area contributed by atoms with Crippen LogP contribution in [-0.2, 0) is 0 Å². The average molecular weight is 181 g/mol. The molecule has 1 aromatic carbocycles. The van der Waals surface area contributed by atoms with E-state index in [0.717, 1.165) is 0 Å². The van der Waals surface area contributed by atoms with Gasteiger partial charge in [0, 0.05) is 0 Å². The van der Waals surface area contributed by atoms with E-state index in [4.69, 9.17) is 26.4 Å². The fourth-order valence-corrected chi connectivity index (χ4v) is 0.823. The Bertz CT molecular complexity index is 293. The van der Waals surface area contributed by atoms with Crippen LogP contribution >= 0.6 is 11.5 Å². The quantitative estimate of drug-likeness (QED) is 0.697. The minimum Gasteiger partial charge on any atom is -0.523 e. The predicted molar refractivity (Wildman–Crippen MR) is 45.6 cm³/mol. The van der Waals surface area contributed by atoms with Crippen molar-refractivity contribution in [3.63, 3.8) is 0 Å². The molecule has 0 saturated carbocycles. The van der Waals surface area contributed by atoms with E-state index >= 15 is 0 Å². The van der Waals surface area contributed by atoms with Crippen molar-refractivity contribution < 1.29 is 9.68 Å². The second-order valence-corrected chi connectivity index (χ2v) is 2.42. The van der Waals surface area contributed by atoms with Crippen LogP contribution in [-0.4, -0.2) is 11.6 Å². The molecule has 12 heavy (non-hydrogen) atoms. The van der Waals surface area contributed by atoms with Gasteiger partial charge in [0.25, 0.3) is 0 Å². The van der Waals surface area contributed by atoms with Crippen LogP contribution in [0.4, 0.5) is 0 Å². The fraction of sp³-hybridized carbons (Fsp3) is 0. The first-order valence-corrected chi connectivity index (χ1v) is 3.65. The molecule has 0 aliphatic carbocycles. The highest BCUT2D eigenvalue weighted by molar-refractivity contribution is 6.98. The lowest BCUT2D eigenvalue weighted by molar-refractivity contribution is 0.442. The smallest absolute Gasteiger partial charge is 0.523 e. The minimum absolute atomic E-state index is 0.427. The van der Waals surface area contributed by atoms with Crippen LogP contribution in [0, 0.1) is 11.3 Å². The molecule has 0 spiro atoms. The molecule has 0 amide bonds. The van der Waals surface area contributed by atoms with Crippen molar-refractivity contribution in [3.05, 3.63) is 29.8 Å². The number of nitrogens with zero attached hydrogens (tertiary/aromatic N) is 1. The number of halogens is 1. The van der Waals surface area contributed by atoms with Gasteiger partial charge in [-0.25, -0.2) is 0 Å². The van der Waals surface area contributed by atoms with E-state index in [1.54, 1.807) is 24.3 Å². The zero-order valence-electron chi connectivity index (χ0n) is 6.07. The van der Waals surface area contributed by atoms with E-state index in [1.165, 1.54) is 0 Å². The van der Waals surface area contributed by atoms with Crippen molar-refractivity contribution in [2.45, 2.75) is 0 Å². The highest BCUT2D eigenvalue weighted by Gasteiger charge is 2.09. The summed E-state index contributed by atoms with van der Waals surface area (Å²) in [5.74, 6) is 0.427. The summed E-state index contributed by atoms with van der Waals surface area (Å²) >= 11 is 5.15. The molecule has 0 saturated heterocycles. The van der Waals surface area contributed by atoms with Crippen molar-refractivity contribution in [1.29, 1.82) is 5.26 Å². The highest BCUT2D eigenvalue weighted by atomic mass is 35.5. The average Bonchev–Trinajstić information content (AvgIpc) is 2.05. The van der Waals surface area contributed by atoms with Gasteiger partial charge in [-0.2, -0.15) is 5.26 Å². The first kappa shape index (κ1) is 8.92. The Balaban J connectivity index is 2.73. The van der Waals surface area contributed by atoms with Gasteiger partial charge in [-0.05, 0) is 24.3 Å². The second-order valence-electron chi connectivity index (χ2n) is 2.05. The largest absolute Gasteiger partial charge is 0.639 e. The van der Waals surface area contributed by atoms with Gasteiger partial charge < -0.3 is 9.68 Å². The molecule has 0 unspecified atom stereocenters. The maximum absolute atomic E-state index is 8.61. The van der Waals surface area contributed by atoms with E-state index < -0.39 is 6.53 Å². The maximum Gasteiger partial charge on any atom is 0.639 e. The molecule has 1 rings (SSSR count). The van der Waals surface area contributed by atoms with Crippen LogP contribution < -0.4 is 4.65 Å². The summed E-state index contributed by atoms with van der Waals surface area (Å²) < 4.78 is 4.73. The van der Waals surface area contributed by atoms with Crippen molar-refractivity contribution in [2.24, 2.45) is 0 Å². The van der Waals surface area contributed by atoms with Crippen LogP contribution in [0.15, 0.2) is 24.3 Å². The van der Waals surface area contributed by atoms with Crippen LogP contribution in [0.2, 0.25) is 0 Å². The lowest BCUT2D eigenvalue weighted by Crippen LogP contribution is -2.12. The molecule has 0 atom stereocenters. The molecule has 0 aliphatic heterocycles. The van der Waals surface area contributed by atoms with Gasteiger partial charge in [0.05, 0.1) is 11.6 Å². The van der Waals surface area contributed by atoms with Gasteiger partial charge in [0.2, 0.25) is 0 Å². The number of rotatable bonds is 2. The van der Waals surface area contributed by atoms with Crippen molar-refractivity contribution in [1.82, 2.24) is 0 Å². The normalized spacial score (nSPS) is 8.75. The minimum atomic E-state index is -1.35. The van der Waals surface area contributed by atoms with Crippen LogP contribution in [0.1, 0.15) is 5.56 Å². The molecular weight excluding hydrogens is 176 g/mol. The Hall–Kier alpha value is -1.18. The van der Waals surface area contributed by atoms with E-state index in [2.05, 4.69) is 0 Å². The van der Waals surface area contributed by atoms with Crippen LogP contribution in [0.3, 0.4) is 0 Å². The Morgan fingerprint density at radius 2 is 2.00 bits per heavy atom. The van der Waals surface area contributed by atoms with Gasteiger partial charge >= 0.3 is 6.53 Å². The Labute approximate surface area is 75.2 Å². The summed E-state index contributed by atoms with van der Waals surface area (Å²) in [6.45, 7) is -1.35. The maximum atomic E-state index is 8.61. The SMILES string of the molecule is N#Cc1ccc(OB(O)Cl)cc1. The third kappa shape index (κ3) is 2.46. The number of hydrogen-bond acceptors (Lipinski definition) is 3. The second kappa shape index (κ2) is 4.00. The van der Waals surface area contributed by atoms with Crippen molar-refractivity contribution >= 4 is 18.0 Å². The first-order valence-electron chi connectivity index (χ1n) is 3.21. The van der Waals surface area contributed by atoms with Crippen LogP contribution in [0.25, 0.3) is 0 Å². The van der Waals surface area contributed by atoms with E-state index in [-0.39, 0.29) is 0 Å². The Kier molecular flexibility index (Phi) is 2.97. The predicted octanol–water partition coefficient (Wildman–Crippen LogP) is 1.15. The molecule has 60 valence electrons. The molecule has 1 aromatic rings. The molecule has 0 aliphatic rings. The van der Waals surface area contributed by atoms with Crippen LogP contribution in [0.5, 0.6) is 5.75 Å². The summed E-state index contributed by atoms with van der Waals surface area (Å²) in [4.78, 5) is 0. The van der Waals surface area contributed by atoms with E-state index in [0.29, 0.717) is 11.3 Å². The molecule has 0 fully saturated rings. The van der Waals surface area contributed by atoms with E-state index in [9.17, 15) is 0 Å². The zero-order chi connectivity index (χ0) is 8.97. The third-order valence-corrected chi connectivity index (χ3v) is 1.31. The monoisotopic (exact) mass is 181 g/mol. The van der Waals surface area contributed by atoms with Gasteiger partial charge in [-0.1, -0.05) is 0 Å². The number of hydrogen-bond donors (Lipinski definition) is 1. The lowest BCUT2D eigenvalue weighted by atomic mass is 10.2. The number of benzene rings is 1. The fourth-order valence-electron chi connectivity index (χ4n) is 0.720. The summed E-state index contributed by atoms with van der Waals surface area (Å²) in [5.41, 5.74) is 0.534. The summed E-state index contributed by atoms with van der Waals surface area (Å²) in [5, 5.41) is 17.1. The summed E-state index contributed by atoms with van der Waals surface area (Å²) in [6, 6.07) is 8.23. The molecule has 0 bridgehead atoms. The molecule has 0 heterocycles. The molecule has 0 aromatic heterocycles. The summed E-state index contributed by atoms with van der Waals surface area (Å²) in [7, 11) is 0. The van der Waals surface area contributed by atoms with Gasteiger partial charge in [0.15, 0.2) is 0 Å². The molecule has 5 heteroatoms.